The zero-order chi connectivity index (χ0) is 26.9. The Hall–Kier alpha value is -2.87. The fourth-order valence-corrected chi connectivity index (χ4v) is 9.16. The van der Waals surface area contributed by atoms with Crippen molar-refractivity contribution in [3.05, 3.63) is 83.4 Å². The minimum Gasteiger partial charge on any atom is -0.216 e. The van der Waals surface area contributed by atoms with Crippen LogP contribution in [0.25, 0.3) is 28.1 Å². The van der Waals surface area contributed by atoms with Crippen LogP contribution >= 0.6 is 0 Å². The summed E-state index contributed by atoms with van der Waals surface area (Å²) in [4.78, 5) is 0. The maximum absolute atomic E-state index is 2.83. The molecular formula is C36H43N2+. The first-order valence-electron chi connectivity index (χ1n) is 14.8. The summed E-state index contributed by atoms with van der Waals surface area (Å²) in [6.45, 7) is 19.7. The predicted octanol–water partition coefficient (Wildman–Crippen LogP) is 8.74. The van der Waals surface area contributed by atoms with E-state index in [0.29, 0.717) is 0 Å². The molecule has 3 aromatic carbocycles. The zero-order valence-corrected chi connectivity index (χ0v) is 24.6. The molecule has 4 aromatic rings. The third-order valence-electron chi connectivity index (χ3n) is 12.7. The van der Waals surface area contributed by atoms with E-state index in [1.807, 2.05) is 0 Å². The number of rotatable bonds is 3. The molecule has 1 saturated carbocycles. The summed E-state index contributed by atoms with van der Waals surface area (Å²) in [6, 6.07) is 25.6. The van der Waals surface area contributed by atoms with Crippen molar-refractivity contribution in [2.75, 3.05) is 0 Å². The topological polar surface area (TPSA) is 8.81 Å². The third kappa shape index (κ3) is 2.37. The number of benzene rings is 3. The Bertz CT molecular complexity index is 1610. The summed E-state index contributed by atoms with van der Waals surface area (Å²) < 4.78 is 5.43. The Morgan fingerprint density at radius 1 is 0.711 bits per heavy atom. The van der Waals surface area contributed by atoms with Crippen molar-refractivity contribution in [3.63, 3.8) is 0 Å². The van der Waals surface area contributed by atoms with Crippen molar-refractivity contribution < 1.29 is 4.57 Å². The van der Waals surface area contributed by atoms with Crippen LogP contribution in [0.2, 0.25) is 0 Å². The summed E-state index contributed by atoms with van der Waals surface area (Å²) in [6.07, 6.45) is 4.85. The fourth-order valence-electron chi connectivity index (χ4n) is 9.16. The van der Waals surface area contributed by atoms with E-state index < -0.39 is 0 Å². The van der Waals surface area contributed by atoms with Gasteiger partial charge in [0.1, 0.15) is 11.2 Å². The molecule has 0 saturated heterocycles. The minimum atomic E-state index is 0.0704. The quantitative estimate of drug-likeness (QED) is 0.247. The van der Waals surface area contributed by atoms with Crippen LogP contribution in [0.4, 0.5) is 0 Å². The highest BCUT2D eigenvalue weighted by atomic mass is 15.2. The average molecular weight is 504 g/mol. The molecular weight excluding hydrogens is 460 g/mol. The van der Waals surface area contributed by atoms with Crippen LogP contribution in [0.15, 0.2) is 66.7 Å². The zero-order valence-electron chi connectivity index (χ0n) is 24.6. The van der Waals surface area contributed by atoms with Crippen LogP contribution in [-0.2, 0) is 21.8 Å². The van der Waals surface area contributed by atoms with Gasteiger partial charge in [-0.3, -0.25) is 0 Å². The van der Waals surface area contributed by atoms with E-state index in [1.165, 1.54) is 58.5 Å². The van der Waals surface area contributed by atoms with Crippen LogP contribution in [-0.4, -0.2) is 4.57 Å². The molecule has 2 heteroatoms. The smallest absolute Gasteiger partial charge is 0.216 e. The molecule has 2 aliphatic carbocycles. The van der Waals surface area contributed by atoms with Crippen molar-refractivity contribution >= 4 is 11.0 Å². The van der Waals surface area contributed by atoms with Gasteiger partial charge in [0.15, 0.2) is 11.0 Å². The number of hydrogen-bond donors (Lipinski definition) is 0. The number of aromatic nitrogens is 2. The summed E-state index contributed by atoms with van der Waals surface area (Å²) in [5.74, 6) is 1.37. The Kier molecular flexibility index (Phi) is 4.58. The van der Waals surface area contributed by atoms with Gasteiger partial charge in [0.05, 0.1) is 5.56 Å². The molecule has 2 unspecified atom stereocenters. The maximum atomic E-state index is 2.83. The fraction of sp³-hybridized carbons (Fsp3) is 0.472. The van der Waals surface area contributed by atoms with Gasteiger partial charge in [-0.25, -0.2) is 4.57 Å². The van der Waals surface area contributed by atoms with Gasteiger partial charge < -0.3 is 0 Å². The lowest BCUT2D eigenvalue weighted by atomic mass is 9.47. The van der Waals surface area contributed by atoms with Gasteiger partial charge in [-0.05, 0) is 89.0 Å². The monoisotopic (exact) mass is 503 g/mol. The normalized spacial score (nSPS) is 27.3. The average Bonchev–Trinajstić information content (AvgIpc) is 3.27. The van der Waals surface area contributed by atoms with Crippen LogP contribution in [0.3, 0.4) is 0 Å². The van der Waals surface area contributed by atoms with Crippen molar-refractivity contribution in [3.8, 4) is 17.1 Å². The Balaban J connectivity index is 1.71. The summed E-state index contributed by atoms with van der Waals surface area (Å²) in [5, 5.41) is 0. The van der Waals surface area contributed by atoms with Crippen molar-refractivity contribution in [1.82, 2.24) is 4.57 Å². The molecule has 2 heterocycles. The first-order valence-corrected chi connectivity index (χ1v) is 14.8. The predicted molar refractivity (Wildman–Crippen MR) is 158 cm³/mol. The summed E-state index contributed by atoms with van der Waals surface area (Å²) >= 11 is 0. The molecule has 7 rings (SSSR count). The Morgan fingerprint density at radius 2 is 1.34 bits per heavy atom. The lowest BCUT2D eigenvalue weighted by Gasteiger charge is -2.59. The van der Waals surface area contributed by atoms with Gasteiger partial charge in [-0.2, -0.15) is 4.57 Å². The van der Waals surface area contributed by atoms with Crippen LogP contribution < -0.4 is 4.57 Å². The standard InChI is InChI=1S/C36H43N2/c1-9-35-20-21-36(35,10-2)38-30-23-28-27(32(3,4)34(7,8)33(28,5)6)22-29(30)37(24-16-12-11-13-17-24)31(38)25-18-14-15-19-26(25)35/h11-19,22-23H,9-10,20-21H2,1-8H3/q+1. The van der Waals surface area contributed by atoms with E-state index in [4.69, 9.17) is 0 Å². The SMILES string of the molecule is CCC12CCC1(CC)[n+]1c(n(-c3ccccc3)c3cc4c(cc31)C(C)(C)C(C)(C)C4(C)C)-c1ccccc12. The third-order valence-corrected chi connectivity index (χ3v) is 12.7. The molecule has 1 aromatic heterocycles. The van der Waals surface area contributed by atoms with Gasteiger partial charge in [0.2, 0.25) is 0 Å². The molecule has 1 fully saturated rings. The lowest BCUT2D eigenvalue weighted by Crippen LogP contribution is -2.75. The summed E-state index contributed by atoms with van der Waals surface area (Å²) in [5.41, 5.74) is 10.6. The second-order valence-electron chi connectivity index (χ2n) is 14.0. The molecule has 38 heavy (non-hydrogen) atoms. The number of nitrogens with zero attached hydrogens (tertiary/aromatic N) is 2. The molecule has 0 bridgehead atoms. The number of fused-ring (bicyclic) bond motifs is 9. The number of imidazole rings is 1. The second-order valence-corrected chi connectivity index (χ2v) is 14.0. The Morgan fingerprint density at radius 3 is 1.95 bits per heavy atom. The molecule has 0 amide bonds. The number of hydrogen-bond acceptors (Lipinski definition) is 0. The van der Waals surface area contributed by atoms with E-state index in [1.54, 1.807) is 5.56 Å². The first kappa shape index (κ1) is 24.2. The molecule has 0 N–H and O–H groups in total. The van der Waals surface area contributed by atoms with Gasteiger partial charge in [0.25, 0.3) is 5.82 Å². The molecule has 0 spiro atoms. The highest BCUT2D eigenvalue weighted by Gasteiger charge is 2.67. The van der Waals surface area contributed by atoms with Crippen molar-refractivity contribution in [1.29, 1.82) is 0 Å². The lowest BCUT2D eigenvalue weighted by molar-refractivity contribution is -0.762. The van der Waals surface area contributed by atoms with Crippen LogP contribution in [0.1, 0.15) is 97.8 Å². The van der Waals surface area contributed by atoms with Crippen LogP contribution in [0.5, 0.6) is 0 Å². The van der Waals surface area contributed by atoms with E-state index in [-0.39, 0.29) is 27.2 Å². The maximum Gasteiger partial charge on any atom is 0.295 e. The van der Waals surface area contributed by atoms with E-state index in [0.717, 1.165) is 6.42 Å². The molecule has 2 nitrogen and oxygen atoms in total. The van der Waals surface area contributed by atoms with Gasteiger partial charge in [-0.1, -0.05) is 91.8 Å². The van der Waals surface area contributed by atoms with Crippen molar-refractivity contribution in [2.45, 2.75) is 103 Å². The summed E-state index contributed by atoms with van der Waals surface area (Å²) in [7, 11) is 0. The van der Waals surface area contributed by atoms with E-state index in [9.17, 15) is 0 Å². The molecule has 3 aliphatic rings. The molecule has 196 valence electrons. The highest BCUT2D eigenvalue weighted by molar-refractivity contribution is 5.84. The Labute approximate surface area is 228 Å². The minimum absolute atomic E-state index is 0.0704. The van der Waals surface area contributed by atoms with Crippen molar-refractivity contribution in [2.24, 2.45) is 5.41 Å². The molecule has 0 radical (unpaired) electrons. The molecule has 2 atom stereocenters. The largest absolute Gasteiger partial charge is 0.295 e. The first-order chi connectivity index (χ1) is 18.0. The molecule has 1 aliphatic heterocycles. The van der Waals surface area contributed by atoms with Gasteiger partial charge in [-0.15, -0.1) is 0 Å². The van der Waals surface area contributed by atoms with E-state index >= 15 is 0 Å². The second kappa shape index (κ2) is 7.20. The van der Waals surface area contributed by atoms with E-state index in [2.05, 4.69) is 131 Å². The number of para-hydroxylation sites is 1. The highest BCUT2D eigenvalue weighted by Crippen LogP contribution is 2.64. The van der Waals surface area contributed by atoms with Crippen LogP contribution in [0, 0.1) is 5.41 Å². The van der Waals surface area contributed by atoms with Gasteiger partial charge in [0, 0.05) is 5.41 Å². The van der Waals surface area contributed by atoms with Gasteiger partial charge >= 0.3 is 0 Å².